The van der Waals surface area contributed by atoms with E-state index in [1.54, 1.807) is 0 Å². The molecule has 0 aromatic rings. The Bertz CT molecular complexity index is 308. The average molecular weight is 296 g/mol. The van der Waals surface area contributed by atoms with Crippen LogP contribution in [0.1, 0.15) is 86.0 Å². The van der Waals surface area contributed by atoms with E-state index in [1.807, 2.05) is 0 Å². The lowest BCUT2D eigenvalue weighted by Crippen LogP contribution is -2.49. The van der Waals surface area contributed by atoms with Crippen molar-refractivity contribution >= 4 is 0 Å². The smallest absolute Gasteiger partial charge is 0.0810 e. The van der Waals surface area contributed by atoms with E-state index in [1.165, 1.54) is 51.4 Å². The van der Waals surface area contributed by atoms with E-state index >= 15 is 0 Å². The monoisotopic (exact) mass is 295 g/mol. The molecule has 2 saturated carbocycles. The molecule has 0 bridgehead atoms. The van der Waals surface area contributed by atoms with Crippen molar-refractivity contribution in [3.63, 3.8) is 0 Å². The maximum absolute atomic E-state index is 6.60. The van der Waals surface area contributed by atoms with Gasteiger partial charge in [0, 0.05) is 12.6 Å². The Morgan fingerprint density at radius 1 is 1.14 bits per heavy atom. The summed E-state index contributed by atoms with van der Waals surface area (Å²) in [6.45, 7) is 12.8. The summed E-state index contributed by atoms with van der Waals surface area (Å²) in [4.78, 5) is 0. The zero-order valence-electron chi connectivity index (χ0n) is 15.0. The van der Waals surface area contributed by atoms with Gasteiger partial charge in [-0.3, -0.25) is 0 Å². The third-order valence-corrected chi connectivity index (χ3v) is 5.56. The molecule has 2 fully saturated rings. The van der Waals surface area contributed by atoms with Crippen molar-refractivity contribution in [3.05, 3.63) is 0 Å². The minimum atomic E-state index is 0.110. The summed E-state index contributed by atoms with van der Waals surface area (Å²) in [7, 11) is 0. The zero-order valence-corrected chi connectivity index (χ0v) is 15.0. The van der Waals surface area contributed by atoms with Gasteiger partial charge in [0.1, 0.15) is 0 Å². The number of rotatable bonds is 7. The van der Waals surface area contributed by atoms with Gasteiger partial charge in [-0.2, -0.15) is 0 Å². The van der Waals surface area contributed by atoms with Crippen molar-refractivity contribution in [1.29, 1.82) is 0 Å². The molecule has 2 rings (SSSR count). The van der Waals surface area contributed by atoms with E-state index in [0.717, 1.165) is 18.5 Å². The number of hydrogen-bond acceptors (Lipinski definition) is 2. The van der Waals surface area contributed by atoms with Gasteiger partial charge in [0.05, 0.1) is 11.7 Å². The number of hydrogen-bond donors (Lipinski definition) is 1. The van der Waals surface area contributed by atoms with Crippen molar-refractivity contribution in [1.82, 2.24) is 5.32 Å². The highest BCUT2D eigenvalue weighted by Crippen LogP contribution is 2.43. The molecule has 0 heterocycles. The van der Waals surface area contributed by atoms with Crippen LogP contribution in [0.5, 0.6) is 0 Å². The predicted molar refractivity (Wildman–Crippen MR) is 90.6 cm³/mol. The van der Waals surface area contributed by atoms with Gasteiger partial charge in [0.2, 0.25) is 0 Å². The first-order valence-electron chi connectivity index (χ1n) is 9.26. The molecule has 1 unspecified atom stereocenters. The van der Waals surface area contributed by atoms with Crippen LogP contribution in [0.2, 0.25) is 0 Å². The Kier molecular flexibility index (Phi) is 5.76. The number of nitrogens with one attached hydrogen (secondary N) is 1. The molecule has 124 valence electrons. The van der Waals surface area contributed by atoms with Gasteiger partial charge in [-0.1, -0.05) is 34.1 Å². The molecule has 0 spiro atoms. The van der Waals surface area contributed by atoms with Crippen molar-refractivity contribution in [3.8, 4) is 0 Å². The first-order valence-corrected chi connectivity index (χ1v) is 9.26. The summed E-state index contributed by atoms with van der Waals surface area (Å²) < 4.78 is 6.60. The van der Waals surface area contributed by atoms with Crippen LogP contribution < -0.4 is 5.32 Å². The molecule has 2 aliphatic rings. The lowest BCUT2D eigenvalue weighted by atomic mass is 9.68. The van der Waals surface area contributed by atoms with Crippen molar-refractivity contribution in [2.75, 3.05) is 6.54 Å². The molecule has 0 aromatic carbocycles. The molecule has 2 heteroatoms. The minimum Gasteiger partial charge on any atom is -0.371 e. The summed E-state index contributed by atoms with van der Waals surface area (Å²) in [5, 5.41) is 3.74. The standard InChI is InChI=1S/C19H37NO/c1-6-7-15(2)21-19(14-20-17-8-9-17)12-10-16(11-13-19)18(3,4)5/h15-17,20H,6-14H2,1-5H3. The van der Waals surface area contributed by atoms with Crippen LogP contribution in [-0.2, 0) is 4.74 Å². The molecular formula is C19H37NO. The Labute approximate surface area is 132 Å². The summed E-state index contributed by atoms with van der Waals surface area (Å²) in [5.74, 6) is 0.858. The van der Waals surface area contributed by atoms with Crippen molar-refractivity contribution in [2.45, 2.75) is 104 Å². The molecule has 21 heavy (non-hydrogen) atoms. The van der Waals surface area contributed by atoms with Crippen LogP contribution in [0.3, 0.4) is 0 Å². The molecule has 0 aromatic heterocycles. The van der Waals surface area contributed by atoms with Gasteiger partial charge in [0.15, 0.2) is 0 Å². The highest BCUT2D eigenvalue weighted by molar-refractivity contribution is 4.95. The normalized spacial score (nSPS) is 32.1. The molecule has 0 aliphatic heterocycles. The fraction of sp³-hybridized carbons (Fsp3) is 1.00. The average Bonchev–Trinajstić information content (AvgIpc) is 3.20. The van der Waals surface area contributed by atoms with E-state index in [4.69, 9.17) is 4.74 Å². The Hall–Kier alpha value is -0.0800. The summed E-state index contributed by atoms with van der Waals surface area (Å²) in [6, 6.07) is 0.785. The van der Waals surface area contributed by atoms with Gasteiger partial charge in [-0.25, -0.2) is 0 Å². The molecule has 2 aliphatic carbocycles. The highest BCUT2D eigenvalue weighted by Gasteiger charge is 2.41. The lowest BCUT2D eigenvalue weighted by molar-refractivity contribution is -0.119. The van der Waals surface area contributed by atoms with Crippen LogP contribution in [0, 0.1) is 11.3 Å². The number of ether oxygens (including phenoxy) is 1. The summed E-state index contributed by atoms with van der Waals surface area (Å²) >= 11 is 0. The predicted octanol–water partition coefficient (Wildman–Crippen LogP) is 4.92. The Balaban J connectivity index is 1.92. The molecule has 1 atom stereocenters. The molecular weight excluding hydrogens is 258 g/mol. The van der Waals surface area contributed by atoms with Gasteiger partial charge in [-0.05, 0) is 63.2 Å². The first-order chi connectivity index (χ1) is 9.85. The van der Waals surface area contributed by atoms with E-state index < -0.39 is 0 Å². The third-order valence-electron chi connectivity index (χ3n) is 5.56. The van der Waals surface area contributed by atoms with Crippen LogP contribution in [0.4, 0.5) is 0 Å². The second-order valence-electron chi connectivity index (χ2n) is 8.70. The first kappa shape index (κ1) is 17.3. The maximum Gasteiger partial charge on any atom is 0.0810 e. The maximum atomic E-state index is 6.60. The van der Waals surface area contributed by atoms with Crippen LogP contribution >= 0.6 is 0 Å². The SMILES string of the molecule is CCCC(C)OC1(CNC2CC2)CCC(C(C)(C)C)CC1. The van der Waals surface area contributed by atoms with E-state index in [9.17, 15) is 0 Å². The van der Waals surface area contributed by atoms with Crippen LogP contribution in [0.25, 0.3) is 0 Å². The van der Waals surface area contributed by atoms with Crippen molar-refractivity contribution in [2.24, 2.45) is 11.3 Å². The summed E-state index contributed by atoms with van der Waals surface area (Å²) in [6.07, 6.45) is 10.7. The highest BCUT2D eigenvalue weighted by atomic mass is 16.5. The Morgan fingerprint density at radius 3 is 2.24 bits per heavy atom. The molecule has 0 radical (unpaired) electrons. The quantitative estimate of drug-likeness (QED) is 0.720. The molecule has 0 amide bonds. The Morgan fingerprint density at radius 2 is 1.76 bits per heavy atom. The van der Waals surface area contributed by atoms with Gasteiger partial charge >= 0.3 is 0 Å². The second kappa shape index (κ2) is 7.00. The largest absolute Gasteiger partial charge is 0.371 e. The topological polar surface area (TPSA) is 21.3 Å². The van der Waals surface area contributed by atoms with Gasteiger partial charge in [0.25, 0.3) is 0 Å². The molecule has 2 nitrogen and oxygen atoms in total. The second-order valence-corrected chi connectivity index (χ2v) is 8.70. The van der Waals surface area contributed by atoms with Gasteiger partial charge in [-0.15, -0.1) is 0 Å². The fourth-order valence-electron chi connectivity index (χ4n) is 3.86. The van der Waals surface area contributed by atoms with E-state index in [-0.39, 0.29) is 5.60 Å². The van der Waals surface area contributed by atoms with Crippen molar-refractivity contribution < 1.29 is 4.74 Å². The third kappa shape index (κ3) is 5.25. The van der Waals surface area contributed by atoms with E-state index in [2.05, 4.69) is 39.9 Å². The fourth-order valence-corrected chi connectivity index (χ4v) is 3.86. The van der Waals surface area contributed by atoms with Gasteiger partial charge < -0.3 is 10.1 Å². The van der Waals surface area contributed by atoms with E-state index in [0.29, 0.717) is 11.5 Å². The van der Waals surface area contributed by atoms with Crippen LogP contribution in [0.15, 0.2) is 0 Å². The molecule has 1 N–H and O–H groups in total. The summed E-state index contributed by atoms with van der Waals surface area (Å²) in [5.41, 5.74) is 0.560. The zero-order chi connectivity index (χ0) is 15.5. The lowest BCUT2D eigenvalue weighted by Gasteiger charge is -2.45. The van der Waals surface area contributed by atoms with Crippen LogP contribution in [-0.4, -0.2) is 24.3 Å². The minimum absolute atomic E-state index is 0.110. The molecule has 0 saturated heterocycles.